The summed E-state index contributed by atoms with van der Waals surface area (Å²) in [6, 6.07) is 6.98. The first kappa shape index (κ1) is 26.9. The maximum absolute atomic E-state index is 13.1. The molecule has 0 aliphatic heterocycles. The van der Waals surface area contributed by atoms with Gasteiger partial charge in [-0.05, 0) is 42.0 Å². The van der Waals surface area contributed by atoms with Crippen molar-refractivity contribution in [3.8, 4) is 0 Å². The Bertz CT molecular complexity index is 714. The fourth-order valence-corrected chi connectivity index (χ4v) is 3.38. The highest BCUT2D eigenvalue weighted by Gasteiger charge is 2.33. The summed E-state index contributed by atoms with van der Waals surface area (Å²) in [7, 11) is 1.53. The largest absolute Gasteiger partial charge is 0.357 e. The van der Waals surface area contributed by atoms with Crippen LogP contribution in [-0.2, 0) is 20.8 Å². The second kappa shape index (κ2) is 13.3. The molecule has 3 amide bonds. The van der Waals surface area contributed by atoms with E-state index in [9.17, 15) is 14.4 Å². The number of benzene rings is 1. The van der Waals surface area contributed by atoms with Gasteiger partial charge >= 0.3 is 0 Å². The van der Waals surface area contributed by atoms with Crippen LogP contribution in [0.25, 0.3) is 0 Å². The predicted molar refractivity (Wildman–Crippen MR) is 123 cm³/mol. The van der Waals surface area contributed by atoms with Crippen LogP contribution in [0.15, 0.2) is 30.3 Å². The Balaban J connectivity index is 2.99. The van der Waals surface area contributed by atoms with Crippen molar-refractivity contribution < 1.29 is 14.4 Å². The standard InChI is InChI=1S/C22H36ClN5O3/c1-6-15(4)19(22(31)26-17(12-14(2)3)20(29)25-5)27-21(30)18(28(23)24)13-16-10-8-7-9-11-16/h7-11,14-15,17-19H,6,12-13,24H2,1-5H3,(H,25,29)(H,26,31)(H,27,30)/t15?,17-,18-,19-/m0/s1. The summed E-state index contributed by atoms with van der Waals surface area (Å²) in [5.74, 6) is 4.63. The number of carbonyl (C=O) groups excluding carboxylic acids is 3. The van der Waals surface area contributed by atoms with E-state index in [1.54, 1.807) is 0 Å². The van der Waals surface area contributed by atoms with Crippen molar-refractivity contribution in [2.75, 3.05) is 7.05 Å². The quantitative estimate of drug-likeness (QED) is 0.218. The average Bonchev–Trinajstić information content (AvgIpc) is 2.74. The van der Waals surface area contributed by atoms with Crippen molar-refractivity contribution in [1.29, 1.82) is 0 Å². The second-order valence-corrected chi connectivity index (χ2v) is 8.62. The van der Waals surface area contributed by atoms with Crippen LogP contribution < -0.4 is 21.8 Å². The topological polar surface area (TPSA) is 117 Å². The van der Waals surface area contributed by atoms with Crippen molar-refractivity contribution in [2.45, 2.75) is 65.1 Å². The normalized spacial score (nSPS) is 15.1. The minimum Gasteiger partial charge on any atom is -0.357 e. The molecular formula is C22H36ClN5O3. The molecule has 1 aromatic carbocycles. The number of amides is 3. The molecule has 1 rings (SSSR count). The number of hydrogen-bond acceptors (Lipinski definition) is 5. The van der Waals surface area contributed by atoms with Gasteiger partial charge in [-0.25, -0.2) is 0 Å². The van der Waals surface area contributed by atoms with Crippen molar-refractivity contribution in [3.05, 3.63) is 35.9 Å². The lowest BCUT2D eigenvalue weighted by atomic mass is 9.96. The Morgan fingerprint density at radius 1 is 1.03 bits per heavy atom. The number of carbonyl (C=O) groups is 3. The van der Waals surface area contributed by atoms with Gasteiger partial charge in [-0.15, -0.1) is 4.53 Å². The first-order valence-electron chi connectivity index (χ1n) is 10.7. The van der Waals surface area contributed by atoms with Gasteiger partial charge < -0.3 is 16.0 Å². The molecule has 1 aromatic rings. The van der Waals surface area contributed by atoms with Crippen molar-refractivity contribution >= 4 is 29.5 Å². The van der Waals surface area contributed by atoms with Crippen LogP contribution >= 0.6 is 11.8 Å². The molecule has 31 heavy (non-hydrogen) atoms. The van der Waals surface area contributed by atoms with Gasteiger partial charge in [0, 0.05) is 7.05 Å². The molecule has 1 unspecified atom stereocenters. The van der Waals surface area contributed by atoms with E-state index in [1.807, 2.05) is 58.0 Å². The molecule has 8 nitrogen and oxygen atoms in total. The van der Waals surface area contributed by atoms with E-state index < -0.39 is 29.9 Å². The lowest BCUT2D eigenvalue weighted by molar-refractivity contribution is -0.134. The van der Waals surface area contributed by atoms with Crippen LogP contribution in [-0.4, -0.2) is 47.4 Å². The molecule has 0 bridgehead atoms. The van der Waals surface area contributed by atoms with Crippen LogP contribution in [0.2, 0.25) is 0 Å². The summed E-state index contributed by atoms with van der Waals surface area (Å²) >= 11 is 5.96. The SMILES string of the molecule is CCC(C)[C@H](NC(=O)[C@H](Cc1ccccc1)N(N)Cl)C(=O)N[C@@H](CC(C)C)C(=O)NC. The molecule has 174 valence electrons. The number of hydrogen-bond donors (Lipinski definition) is 4. The van der Waals surface area contributed by atoms with Crippen LogP contribution in [0.4, 0.5) is 0 Å². The van der Waals surface area contributed by atoms with Gasteiger partial charge in [0.05, 0.1) is 0 Å². The van der Waals surface area contributed by atoms with Crippen molar-refractivity contribution in [3.63, 3.8) is 0 Å². The molecule has 0 aromatic heterocycles. The summed E-state index contributed by atoms with van der Waals surface area (Å²) in [4.78, 5) is 38.3. The maximum Gasteiger partial charge on any atom is 0.243 e. The molecule has 0 saturated heterocycles. The number of halogens is 1. The van der Waals surface area contributed by atoms with Gasteiger partial charge in [-0.3, -0.25) is 20.2 Å². The molecule has 5 N–H and O–H groups in total. The zero-order valence-corrected chi connectivity index (χ0v) is 19.8. The van der Waals surface area contributed by atoms with Crippen LogP contribution in [0.3, 0.4) is 0 Å². The summed E-state index contributed by atoms with van der Waals surface area (Å²) in [6.45, 7) is 7.75. The number of nitrogens with two attached hydrogens (primary N) is 1. The van der Waals surface area contributed by atoms with Gasteiger partial charge in [0.2, 0.25) is 17.7 Å². The lowest BCUT2D eigenvalue weighted by Crippen LogP contribution is -2.58. The molecule has 0 fully saturated rings. The van der Waals surface area contributed by atoms with Crippen LogP contribution in [0.5, 0.6) is 0 Å². The number of nitrogens with one attached hydrogen (secondary N) is 3. The fraction of sp³-hybridized carbons (Fsp3) is 0.591. The zero-order valence-electron chi connectivity index (χ0n) is 19.0. The highest BCUT2D eigenvalue weighted by molar-refractivity contribution is 6.14. The Morgan fingerprint density at radius 2 is 1.65 bits per heavy atom. The first-order valence-corrected chi connectivity index (χ1v) is 11.0. The molecule has 0 spiro atoms. The second-order valence-electron chi connectivity index (χ2n) is 8.23. The first-order chi connectivity index (χ1) is 14.6. The van der Waals surface area contributed by atoms with E-state index in [4.69, 9.17) is 17.6 Å². The summed E-state index contributed by atoms with van der Waals surface area (Å²) in [6.07, 6.45) is 1.43. The highest BCUT2D eigenvalue weighted by atomic mass is 35.5. The third-order valence-electron chi connectivity index (χ3n) is 5.25. The Hall–Kier alpha value is -2.16. The minimum absolute atomic E-state index is 0.160. The highest BCUT2D eigenvalue weighted by Crippen LogP contribution is 2.13. The maximum atomic E-state index is 13.1. The summed E-state index contributed by atoms with van der Waals surface area (Å²) in [5.41, 5.74) is 0.889. The predicted octanol–water partition coefficient (Wildman–Crippen LogP) is 1.74. The molecule has 9 heteroatoms. The average molecular weight is 454 g/mol. The van der Waals surface area contributed by atoms with Gasteiger partial charge in [-0.2, -0.15) is 0 Å². The summed E-state index contributed by atoms with van der Waals surface area (Å²) < 4.78 is 0.833. The van der Waals surface area contributed by atoms with Gasteiger partial charge in [0.15, 0.2) is 0 Å². The number of nitrogens with zero attached hydrogens (tertiary/aromatic N) is 1. The Morgan fingerprint density at radius 3 is 2.13 bits per heavy atom. The van der Waals surface area contributed by atoms with E-state index in [2.05, 4.69) is 16.0 Å². The minimum atomic E-state index is -0.867. The summed E-state index contributed by atoms with van der Waals surface area (Å²) in [5, 5.41) is 8.17. The van der Waals surface area contributed by atoms with Crippen LogP contribution in [0.1, 0.15) is 46.1 Å². The number of likely N-dealkylation sites (N-methyl/N-ethyl adjacent to an activating group) is 1. The molecule has 0 aliphatic rings. The molecule has 0 saturated carbocycles. The van der Waals surface area contributed by atoms with Crippen LogP contribution in [0, 0.1) is 11.8 Å². The monoisotopic (exact) mass is 453 g/mol. The smallest absolute Gasteiger partial charge is 0.243 e. The zero-order chi connectivity index (χ0) is 23.6. The van der Waals surface area contributed by atoms with E-state index in [0.717, 1.165) is 10.1 Å². The van der Waals surface area contributed by atoms with Gasteiger partial charge in [0.1, 0.15) is 18.1 Å². The van der Waals surface area contributed by atoms with Crippen molar-refractivity contribution in [2.24, 2.45) is 17.7 Å². The Labute approximate surface area is 190 Å². The lowest BCUT2D eigenvalue weighted by Gasteiger charge is -2.29. The van der Waals surface area contributed by atoms with E-state index in [-0.39, 0.29) is 24.2 Å². The molecule has 4 atom stereocenters. The van der Waals surface area contributed by atoms with E-state index >= 15 is 0 Å². The molecule has 0 aliphatic carbocycles. The van der Waals surface area contributed by atoms with Crippen molar-refractivity contribution in [1.82, 2.24) is 20.5 Å². The van der Waals surface area contributed by atoms with Gasteiger partial charge in [0.25, 0.3) is 0 Å². The van der Waals surface area contributed by atoms with Gasteiger partial charge in [-0.1, -0.05) is 64.4 Å². The molecular weight excluding hydrogens is 418 g/mol. The fourth-order valence-electron chi connectivity index (χ4n) is 3.22. The number of rotatable bonds is 12. The molecule has 0 radical (unpaired) electrons. The number of hydrazine groups is 1. The van der Waals surface area contributed by atoms with E-state index in [1.165, 1.54) is 7.05 Å². The third kappa shape index (κ3) is 8.85. The molecule has 0 heterocycles. The third-order valence-corrected chi connectivity index (χ3v) is 5.49. The van der Waals surface area contributed by atoms with E-state index in [0.29, 0.717) is 12.8 Å². The Kier molecular flexibility index (Phi) is 11.5.